The number of anilines is 1. The van der Waals surface area contributed by atoms with Crippen molar-refractivity contribution in [3.05, 3.63) is 57.3 Å². The average molecular weight is 399 g/mol. The van der Waals surface area contributed by atoms with Gasteiger partial charge in [0.05, 0.1) is 32.8 Å². The van der Waals surface area contributed by atoms with E-state index in [1.54, 1.807) is 6.07 Å². The molecule has 2 N–H and O–H groups in total. The van der Waals surface area contributed by atoms with Crippen LogP contribution in [-0.4, -0.2) is 21.7 Å². The van der Waals surface area contributed by atoms with Gasteiger partial charge in [0.1, 0.15) is 0 Å². The first-order valence-corrected chi connectivity index (χ1v) is 8.96. The number of nitrogens with one attached hydrogen (secondary N) is 2. The fourth-order valence-corrected chi connectivity index (χ4v) is 3.55. The van der Waals surface area contributed by atoms with Crippen molar-refractivity contribution in [3.63, 3.8) is 0 Å². The standard InChI is InChI=1S/C19H12Cl2N4O2/c20-13-5-9(7-22)6-14(21)15(13)17(26)12-8-24-16-11(12)3-4-23-18(16)25-19(27)10-1-2-10/h3-6,8,10,24H,1-2H2,(H,23,25,27). The van der Waals surface area contributed by atoms with Gasteiger partial charge < -0.3 is 10.3 Å². The van der Waals surface area contributed by atoms with Gasteiger partial charge in [0.2, 0.25) is 5.91 Å². The van der Waals surface area contributed by atoms with Crippen LogP contribution in [0, 0.1) is 17.2 Å². The maximum Gasteiger partial charge on any atom is 0.228 e. The van der Waals surface area contributed by atoms with E-state index in [0.717, 1.165) is 12.8 Å². The van der Waals surface area contributed by atoms with E-state index in [1.807, 2.05) is 6.07 Å². The zero-order chi connectivity index (χ0) is 19.1. The lowest BCUT2D eigenvalue weighted by atomic mass is 10.0. The monoisotopic (exact) mass is 398 g/mol. The molecule has 0 bridgehead atoms. The van der Waals surface area contributed by atoms with Crippen molar-refractivity contribution >= 4 is 51.6 Å². The molecule has 2 heterocycles. The van der Waals surface area contributed by atoms with E-state index in [4.69, 9.17) is 28.5 Å². The number of carbonyl (C=O) groups excluding carboxylic acids is 2. The van der Waals surface area contributed by atoms with Crippen LogP contribution in [-0.2, 0) is 4.79 Å². The molecular formula is C19H12Cl2N4O2. The van der Waals surface area contributed by atoms with E-state index in [0.29, 0.717) is 22.3 Å². The van der Waals surface area contributed by atoms with Gasteiger partial charge in [-0.15, -0.1) is 0 Å². The van der Waals surface area contributed by atoms with Gasteiger partial charge in [-0.3, -0.25) is 9.59 Å². The average Bonchev–Trinajstić information content (AvgIpc) is 3.40. The second kappa shape index (κ2) is 6.69. The number of aromatic amines is 1. The summed E-state index contributed by atoms with van der Waals surface area (Å²) in [6, 6.07) is 6.42. The highest BCUT2D eigenvalue weighted by atomic mass is 35.5. The number of aromatic nitrogens is 2. The SMILES string of the molecule is N#Cc1cc(Cl)c(C(=O)c2c[nH]c3c(NC(=O)C4CC4)nccc23)c(Cl)c1. The van der Waals surface area contributed by atoms with Crippen molar-refractivity contribution < 1.29 is 9.59 Å². The van der Waals surface area contributed by atoms with Gasteiger partial charge in [0, 0.05) is 29.3 Å². The second-order valence-electron chi connectivity index (χ2n) is 6.30. The summed E-state index contributed by atoms with van der Waals surface area (Å²) in [5.41, 5.74) is 1.30. The molecule has 0 spiro atoms. The van der Waals surface area contributed by atoms with Gasteiger partial charge in [0.25, 0.3) is 0 Å². The summed E-state index contributed by atoms with van der Waals surface area (Å²) >= 11 is 12.4. The summed E-state index contributed by atoms with van der Waals surface area (Å²) in [5.74, 6) is -0.0445. The first-order valence-electron chi connectivity index (χ1n) is 8.20. The van der Waals surface area contributed by atoms with Crippen LogP contribution in [0.1, 0.15) is 34.3 Å². The molecule has 0 aliphatic heterocycles. The molecule has 8 heteroatoms. The highest BCUT2D eigenvalue weighted by molar-refractivity contribution is 6.41. The van der Waals surface area contributed by atoms with E-state index in [-0.39, 0.29) is 38.8 Å². The lowest BCUT2D eigenvalue weighted by molar-refractivity contribution is -0.117. The first-order chi connectivity index (χ1) is 13.0. The summed E-state index contributed by atoms with van der Waals surface area (Å²) in [5, 5.41) is 12.6. The molecule has 134 valence electrons. The summed E-state index contributed by atoms with van der Waals surface area (Å²) in [7, 11) is 0. The number of ketones is 1. The van der Waals surface area contributed by atoms with Gasteiger partial charge in [-0.1, -0.05) is 23.2 Å². The van der Waals surface area contributed by atoms with Crippen LogP contribution in [0.2, 0.25) is 10.0 Å². The lowest BCUT2D eigenvalue weighted by Gasteiger charge is -2.07. The van der Waals surface area contributed by atoms with Crippen molar-refractivity contribution in [2.45, 2.75) is 12.8 Å². The fourth-order valence-electron chi connectivity index (χ4n) is 2.89. The van der Waals surface area contributed by atoms with Gasteiger partial charge in [-0.2, -0.15) is 5.26 Å². The Morgan fingerprint density at radius 2 is 1.96 bits per heavy atom. The molecule has 1 aliphatic carbocycles. The molecule has 1 aliphatic rings. The number of rotatable bonds is 4. The highest BCUT2D eigenvalue weighted by Crippen LogP contribution is 2.33. The summed E-state index contributed by atoms with van der Waals surface area (Å²) < 4.78 is 0. The number of fused-ring (bicyclic) bond motifs is 1. The second-order valence-corrected chi connectivity index (χ2v) is 7.12. The number of carbonyl (C=O) groups is 2. The maximum atomic E-state index is 13.0. The Labute approximate surface area is 164 Å². The Morgan fingerprint density at radius 1 is 1.26 bits per heavy atom. The summed E-state index contributed by atoms with van der Waals surface area (Å²) in [4.78, 5) is 32.3. The number of nitrogens with zero attached hydrogens (tertiary/aromatic N) is 2. The van der Waals surface area contributed by atoms with Crippen molar-refractivity contribution in [1.82, 2.24) is 9.97 Å². The molecule has 0 atom stereocenters. The minimum Gasteiger partial charge on any atom is -0.357 e. The Kier molecular flexibility index (Phi) is 4.34. The minimum absolute atomic E-state index is 0.0365. The van der Waals surface area contributed by atoms with Crippen molar-refractivity contribution in [2.24, 2.45) is 5.92 Å². The van der Waals surface area contributed by atoms with Crippen LogP contribution in [0.25, 0.3) is 10.9 Å². The van der Waals surface area contributed by atoms with Crippen molar-refractivity contribution in [2.75, 3.05) is 5.32 Å². The van der Waals surface area contributed by atoms with Crippen LogP contribution in [0.3, 0.4) is 0 Å². The number of nitriles is 1. The van der Waals surface area contributed by atoms with Crippen LogP contribution < -0.4 is 5.32 Å². The third-order valence-corrected chi connectivity index (χ3v) is 5.03. The zero-order valence-corrected chi connectivity index (χ0v) is 15.4. The van der Waals surface area contributed by atoms with E-state index in [2.05, 4.69) is 15.3 Å². The zero-order valence-electron chi connectivity index (χ0n) is 13.8. The predicted octanol–water partition coefficient (Wildman–Crippen LogP) is 4.32. The maximum absolute atomic E-state index is 13.0. The molecule has 1 fully saturated rings. The first kappa shape index (κ1) is 17.5. The Hall–Kier alpha value is -2.88. The van der Waals surface area contributed by atoms with Gasteiger partial charge in [0.15, 0.2) is 11.6 Å². The highest BCUT2D eigenvalue weighted by Gasteiger charge is 2.30. The Balaban J connectivity index is 1.76. The van der Waals surface area contributed by atoms with Crippen LogP contribution in [0.5, 0.6) is 0 Å². The van der Waals surface area contributed by atoms with E-state index >= 15 is 0 Å². The van der Waals surface area contributed by atoms with E-state index in [9.17, 15) is 9.59 Å². The van der Waals surface area contributed by atoms with Crippen LogP contribution >= 0.6 is 23.2 Å². The summed E-state index contributed by atoms with van der Waals surface area (Å²) in [6.45, 7) is 0. The van der Waals surface area contributed by atoms with Gasteiger partial charge >= 0.3 is 0 Å². The molecule has 2 aromatic heterocycles. The van der Waals surface area contributed by atoms with Gasteiger partial charge in [-0.05, 0) is 31.0 Å². The summed E-state index contributed by atoms with van der Waals surface area (Å²) in [6.07, 6.45) is 4.82. The lowest BCUT2D eigenvalue weighted by Crippen LogP contribution is -2.14. The molecule has 0 radical (unpaired) electrons. The number of hydrogen-bond acceptors (Lipinski definition) is 4. The van der Waals surface area contributed by atoms with Gasteiger partial charge in [-0.25, -0.2) is 4.98 Å². The minimum atomic E-state index is -0.383. The fraction of sp³-hybridized carbons (Fsp3) is 0.158. The van der Waals surface area contributed by atoms with Crippen molar-refractivity contribution in [3.8, 4) is 6.07 Å². The smallest absolute Gasteiger partial charge is 0.228 e. The van der Waals surface area contributed by atoms with Crippen molar-refractivity contribution in [1.29, 1.82) is 5.26 Å². The molecule has 6 nitrogen and oxygen atoms in total. The van der Waals surface area contributed by atoms with E-state index < -0.39 is 0 Å². The molecule has 1 saturated carbocycles. The quantitative estimate of drug-likeness (QED) is 0.639. The molecule has 4 rings (SSSR count). The van der Waals surface area contributed by atoms with Crippen LogP contribution in [0.15, 0.2) is 30.6 Å². The number of H-pyrrole nitrogens is 1. The Bertz CT molecular complexity index is 1120. The third kappa shape index (κ3) is 3.16. The largest absolute Gasteiger partial charge is 0.357 e. The third-order valence-electron chi connectivity index (χ3n) is 4.43. The predicted molar refractivity (Wildman–Crippen MR) is 102 cm³/mol. The number of pyridine rings is 1. The normalized spacial score (nSPS) is 13.4. The van der Waals surface area contributed by atoms with E-state index in [1.165, 1.54) is 24.5 Å². The molecule has 1 aromatic carbocycles. The number of hydrogen-bond donors (Lipinski definition) is 2. The number of benzene rings is 1. The number of halogens is 2. The topological polar surface area (TPSA) is 98.6 Å². The Morgan fingerprint density at radius 3 is 2.59 bits per heavy atom. The molecule has 0 saturated heterocycles. The number of amides is 1. The molecular weight excluding hydrogens is 387 g/mol. The molecule has 0 unspecified atom stereocenters. The molecule has 3 aromatic rings. The molecule has 1 amide bonds. The van der Waals surface area contributed by atoms with Crippen LogP contribution in [0.4, 0.5) is 5.82 Å². The molecule has 27 heavy (non-hydrogen) atoms.